The molecule has 0 aliphatic heterocycles. The number of benzene rings is 2. The van der Waals surface area contributed by atoms with E-state index < -0.39 is 17.5 Å². The molecule has 2 N–H and O–H groups in total. The van der Waals surface area contributed by atoms with Crippen molar-refractivity contribution in [2.24, 2.45) is 0 Å². The molecule has 7 heteroatoms. The molecule has 1 aromatic heterocycles. The first-order valence-electron chi connectivity index (χ1n) is 7.50. The third-order valence-corrected chi connectivity index (χ3v) is 3.69. The molecule has 0 aliphatic rings. The molecule has 5 nitrogen and oxygen atoms in total. The first kappa shape index (κ1) is 16.6. The number of methoxy groups -OCH3 is 1. The van der Waals surface area contributed by atoms with Crippen molar-refractivity contribution >= 4 is 5.91 Å². The van der Waals surface area contributed by atoms with Gasteiger partial charge in [-0.1, -0.05) is 18.2 Å². The molecule has 0 saturated heterocycles. The van der Waals surface area contributed by atoms with Crippen LogP contribution in [0.15, 0.2) is 48.5 Å². The van der Waals surface area contributed by atoms with E-state index in [4.69, 9.17) is 4.74 Å². The molecule has 25 heavy (non-hydrogen) atoms. The third-order valence-electron chi connectivity index (χ3n) is 3.69. The van der Waals surface area contributed by atoms with E-state index in [1.54, 1.807) is 19.2 Å². The second kappa shape index (κ2) is 7.12. The largest absolute Gasteiger partial charge is 0.496 e. The smallest absolute Gasteiger partial charge is 0.269 e. The predicted octanol–water partition coefficient (Wildman–Crippen LogP) is 3.29. The highest BCUT2D eigenvalue weighted by Gasteiger charge is 2.15. The Labute approximate surface area is 142 Å². The predicted molar refractivity (Wildman–Crippen MR) is 88.1 cm³/mol. The lowest BCUT2D eigenvalue weighted by Crippen LogP contribution is -2.24. The van der Waals surface area contributed by atoms with Gasteiger partial charge in [-0.2, -0.15) is 5.10 Å². The Kier molecular flexibility index (Phi) is 4.74. The number of carbonyl (C=O) groups excluding carboxylic acids is 1. The normalized spacial score (nSPS) is 10.5. The van der Waals surface area contributed by atoms with Crippen LogP contribution < -0.4 is 10.1 Å². The third kappa shape index (κ3) is 3.50. The number of para-hydroxylation sites is 1. The van der Waals surface area contributed by atoms with Gasteiger partial charge < -0.3 is 10.1 Å². The number of hydrogen-bond acceptors (Lipinski definition) is 3. The van der Waals surface area contributed by atoms with Crippen LogP contribution in [0.25, 0.3) is 11.3 Å². The molecule has 0 bridgehead atoms. The second-order valence-corrected chi connectivity index (χ2v) is 5.25. The van der Waals surface area contributed by atoms with Crippen LogP contribution in [0.1, 0.15) is 16.1 Å². The number of hydrogen-bond donors (Lipinski definition) is 2. The summed E-state index contributed by atoms with van der Waals surface area (Å²) in [6.45, 7) is -0.264. The Morgan fingerprint density at radius 2 is 1.88 bits per heavy atom. The fraction of sp³-hybridized carbons (Fsp3) is 0.111. The molecule has 0 saturated carbocycles. The van der Waals surface area contributed by atoms with Crippen LogP contribution in [0.2, 0.25) is 0 Å². The van der Waals surface area contributed by atoms with Gasteiger partial charge in [0.2, 0.25) is 0 Å². The second-order valence-electron chi connectivity index (χ2n) is 5.25. The zero-order valence-electron chi connectivity index (χ0n) is 13.3. The number of H-pyrrole nitrogens is 1. The Morgan fingerprint density at radius 1 is 1.16 bits per heavy atom. The van der Waals surface area contributed by atoms with Gasteiger partial charge in [-0.15, -0.1) is 0 Å². The van der Waals surface area contributed by atoms with Crippen molar-refractivity contribution in [3.05, 3.63) is 71.4 Å². The van der Waals surface area contributed by atoms with Gasteiger partial charge in [0.05, 0.1) is 12.8 Å². The molecule has 3 aromatic rings. The molecule has 2 aromatic carbocycles. The van der Waals surface area contributed by atoms with Gasteiger partial charge >= 0.3 is 0 Å². The fourth-order valence-corrected chi connectivity index (χ4v) is 2.40. The Morgan fingerprint density at radius 3 is 2.60 bits per heavy atom. The lowest BCUT2D eigenvalue weighted by molar-refractivity contribution is 0.0945. The van der Waals surface area contributed by atoms with Crippen molar-refractivity contribution in [3.63, 3.8) is 0 Å². The van der Waals surface area contributed by atoms with Crippen LogP contribution >= 0.6 is 0 Å². The van der Waals surface area contributed by atoms with Gasteiger partial charge in [0.15, 0.2) is 0 Å². The zero-order valence-corrected chi connectivity index (χ0v) is 13.3. The zero-order chi connectivity index (χ0) is 17.8. The van der Waals surface area contributed by atoms with Gasteiger partial charge in [0.1, 0.15) is 23.1 Å². The quantitative estimate of drug-likeness (QED) is 0.747. The van der Waals surface area contributed by atoms with Crippen LogP contribution in [0.4, 0.5) is 8.78 Å². The number of carbonyl (C=O) groups is 1. The van der Waals surface area contributed by atoms with Crippen molar-refractivity contribution < 1.29 is 18.3 Å². The summed E-state index contributed by atoms with van der Waals surface area (Å²) in [7, 11) is 1.54. The van der Waals surface area contributed by atoms with Crippen LogP contribution in [0.3, 0.4) is 0 Å². The summed E-state index contributed by atoms with van der Waals surface area (Å²) in [5, 5.41) is 9.18. The number of aromatic nitrogens is 2. The van der Waals surface area contributed by atoms with Gasteiger partial charge in [-0.3, -0.25) is 9.89 Å². The van der Waals surface area contributed by atoms with Crippen LogP contribution in [-0.2, 0) is 6.54 Å². The fourth-order valence-electron chi connectivity index (χ4n) is 2.40. The molecule has 1 heterocycles. The minimum atomic E-state index is -0.709. The number of nitrogens with one attached hydrogen (secondary N) is 2. The number of nitrogens with zero attached hydrogens (tertiary/aromatic N) is 1. The first-order chi connectivity index (χ1) is 12.1. The minimum absolute atomic E-state index is 0.178. The van der Waals surface area contributed by atoms with E-state index in [2.05, 4.69) is 15.5 Å². The number of halogens is 2. The van der Waals surface area contributed by atoms with Crippen molar-refractivity contribution in [1.29, 1.82) is 0 Å². The maximum atomic E-state index is 13.6. The highest BCUT2D eigenvalue weighted by Crippen LogP contribution is 2.28. The Balaban J connectivity index is 1.75. The van der Waals surface area contributed by atoms with E-state index in [9.17, 15) is 13.6 Å². The van der Waals surface area contributed by atoms with Crippen molar-refractivity contribution in [2.75, 3.05) is 7.11 Å². The monoisotopic (exact) mass is 343 g/mol. The van der Waals surface area contributed by atoms with Gasteiger partial charge in [0.25, 0.3) is 5.91 Å². The molecule has 0 radical (unpaired) electrons. The lowest BCUT2D eigenvalue weighted by Gasteiger charge is -2.06. The molecule has 0 spiro atoms. The molecule has 128 valence electrons. The number of rotatable bonds is 5. The van der Waals surface area contributed by atoms with E-state index in [1.165, 1.54) is 6.07 Å². The summed E-state index contributed by atoms with van der Waals surface area (Å²) in [5.41, 5.74) is 1.23. The maximum absolute atomic E-state index is 13.6. The van der Waals surface area contributed by atoms with Crippen molar-refractivity contribution in [3.8, 4) is 17.0 Å². The summed E-state index contributed by atoms with van der Waals surface area (Å²) >= 11 is 0. The van der Waals surface area contributed by atoms with Gasteiger partial charge in [0, 0.05) is 17.7 Å². The van der Waals surface area contributed by atoms with Crippen LogP contribution in [0.5, 0.6) is 5.75 Å². The number of aromatic amines is 1. The molecule has 0 aliphatic carbocycles. The summed E-state index contributed by atoms with van der Waals surface area (Å²) in [4.78, 5) is 12.2. The van der Waals surface area contributed by atoms with Crippen LogP contribution in [-0.4, -0.2) is 23.2 Å². The maximum Gasteiger partial charge on any atom is 0.269 e. The summed E-state index contributed by atoms with van der Waals surface area (Å²) in [5.74, 6) is -1.31. The number of amides is 1. The summed E-state index contributed by atoms with van der Waals surface area (Å²) in [6, 6.07) is 12.3. The number of ether oxygens (including phenoxy) is 1. The van der Waals surface area contributed by atoms with E-state index in [0.29, 0.717) is 11.4 Å². The molecule has 0 unspecified atom stereocenters. The van der Waals surface area contributed by atoms with E-state index in [1.807, 2.05) is 18.2 Å². The SMILES string of the molecule is COc1ccccc1-c1cc(C(=O)NCc2c(F)cccc2F)[nH]n1. The summed E-state index contributed by atoms with van der Waals surface area (Å²) < 4.78 is 32.4. The molecular weight excluding hydrogens is 328 g/mol. The average molecular weight is 343 g/mol. The van der Waals surface area contributed by atoms with E-state index >= 15 is 0 Å². The van der Waals surface area contributed by atoms with Crippen molar-refractivity contribution in [2.45, 2.75) is 6.54 Å². The Bertz CT molecular complexity index is 889. The molecule has 0 fully saturated rings. The summed E-state index contributed by atoms with van der Waals surface area (Å²) in [6.07, 6.45) is 0. The van der Waals surface area contributed by atoms with E-state index in [-0.39, 0.29) is 17.8 Å². The van der Waals surface area contributed by atoms with Crippen molar-refractivity contribution in [1.82, 2.24) is 15.5 Å². The molecular formula is C18H15F2N3O2. The van der Waals surface area contributed by atoms with Gasteiger partial charge in [-0.05, 0) is 30.3 Å². The highest BCUT2D eigenvalue weighted by molar-refractivity contribution is 5.93. The van der Waals surface area contributed by atoms with Crippen LogP contribution in [0, 0.1) is 11.6 Å². The molecule has 1 amide bonds. The average Bonchev–Trinajstić information content (AvgIpc) is 3.11. The lowest BCUT2D eigenvalue weighted by atomic mass is 10.1. The van der Waals surface area contributed by atoms with E-state index in [0.717, 1.165) is 17.7 Å². The topological polar surface area (TPSA) is 67.0 Å². The molecule has 0 atom stereocenters. The Hall–Kier alpha value is -3.22. The minimum Gasteiger partial charge on any atom is -0.496 e. The highest BCUT2D eigenvalue weighted by atomic mass is 19.1. The first-order valence-corrected chi connectivity index (χ1v) is 7.50. The standard InChI is InChI=1S/C18H15F2N3O2/c1-25-17-8-3-2-5-11(17)15-9-16(23-22-15)18(24)21-10-12-13(19)6-4-7-14(12)20/h2-9H,10H2,1H3,(H,21,24)(H,22,23). The van der Waals surface area contributed by atoms with Gasteiger partial charge in [-0.25, -0.2) is 8.78 Å². The molecule has 3 rings (SSSR count).